The van der Waals surface area contributed by atoms with Gasteiger partial charge in [-0.3, -0.25) is 9.78 Å². The van der Waals surface area contributed by atoms with Crippen LogP contribution in [-0.2, 0) is 4.79 Å². The third kappa shape index (κ3) is 7.82. The highest BCUT2D eigenvalue weighted by Crippen LogP contribution is 2.15. The van der Waals surface area contributed by atoms with E-state index in [1.165, 1.54) is 25.9 Å². The van der Waals surface area contributed by atoms with Gasteiger partial charge in [-0.2, -0.15) is 0 Å². The molecule has 0 bridgehead atoms. The maximum Gasteiger partial charge on any atom is 0.246 e. The molecule has 3 N–H and O–H groups in total. The third-order valence-corrected chi connectivity index (χ3v) is 4.49. The van der Waals surface area contributed by atoms with Gasteiger partial charge in [0.25, 0.3) is 0 Å². The van der Waals surface area contributed by atoms with Crippen LogP contribution in [0.3, 0.4) is 0 Å². The summed E-state index contributed by atoms with van der Waals surface area (Å²) in [7, 11) is 0. The van der Waals surface area contributed by atoms with Gasteiger partial charge in [-0.05, 0) is 63.9 Å². The van der Waals surface area contributed by atoms with Crippen molar-refractivity contribution in [3.8, 4) is 0 Å². The molecule has 0 aliphatic carbocycles. The first-order chi connectivity index (χ1) is 12.7. The molecule has 2 rings (SSSR count). The third-order valence-electron chi connectivity index (χ3n) is 4.49. The summed E-state index contributed by atoms with van der Waals surface area (Å²) in [5.74, 6) is 1.40. The van der Waals surface area contributed by atoms with Crippen molar-refractivity contribution in [1.82, 2.24) is 20.5 Å². The summed E-state index contributed by atoms with van der Waals surface area (Å²) in [6.45, 7) is 9.58. The topological polar surface area (TPSA) is 81.6 Å². The Morgan fingerprint density at radius 1 is 1.35 bits per heavy atom. The summed E-state index contributed by atoms with van der Waals surface area (Å²) in [5, 5.41) is 9.27. The lowest BCUT2D eigenvalue weighted by Gasteiger charge is -2.30. The molecule has 0 unspecified atom stereocenters. The van der Waals surface area contributed by atoms with E-state index in [4.69, 9.17) is 0 Å². The summed E-state index contributed by atoms with van der Waals surface area (Å²) in [5.41, 5.74) is 0.682. The van der Waals surface area contributed by atoms with E-state index >= 15 is 0 Å². The molecule has 1 saturated heterocycles. The second-order valence-electron chi connectivity index (χ2n) is 6.79. The van der Waals surface area contributed by atoms with Crippen LogP contribution in [0.15, 0.2) is 29.5 Å². The van der Waals surface area contributed by atoms with Crippen LogP contribution in [0.5, 0.6) is 0 Å². The van der Waals surface area contributed by atoms with E-state index in [0.29, 0.717) is 11.6 Å². The number of likely N-dealkylation sites (tertiary alicyclic amines) is 1. The summed E-state index contributed by atoms with van der Waals surface area (Å²) >= 11 is 0. The highest BCUT2D eigenvalue weighted by molar-refractivity contribution is 5.93. The number of carbonyl (C=O) groups is 1. The molecule has 7 nitrogen and oxygen atoms in total. The van der Waals surface area contributed by atoms with Crippen LogP contribution in [0.25, 0.3) is 0 Å². The molecule has 1 fully saturated rings. The minimum Gasteiger partial charge on any atom is -0.357 e. The first-order valence-electron chi connectivity index (χ1n) is 9.61. The van der Waals surface area contributed by atoms with E-state index in [2.05, 4.69) is 37.8 Å². The van der Waals surface area contributed by atoms with Gasteiger partial charge >= 0.3 is 0 Å². The Balaban J connectivity index is 1.67. The van der Waals surface area contributed by atoms with Crippen molar-refractivity contribution in [3.05, 3.63) is 24.5 Å². The summed E-state index contributed by atoms with van der Waals surface area (Å²) in [4.78, 5) is 22.8. The second-order valence-corrected chi connectivity index (χ2v) is 6.79. The molecule has 1 aliphatic heterocycles. The van der Waals surface area contributed by atoms with Gasteiger partial charge in [0.2, 0.25) is 5.91 Å². The normalized spacial score (nSPS) is 16.3. The van der Waals surface area contributed by atoms with Crippen LogP contribution in [0.4, 0.5) is 5.69 Å². The Morgan fingerprint density at radius 2 is 2.15 bits per heavy atom. The number of amides is 1. The minimum absolute atomic E-state index is 0.0776. The van der Waals surface area contributed by atoms with E-state index < -0.39 is 0 Å². The minimum atomic E-state index is -0.155. The molecule has 7 heteroatoms. The molecule has 0 radical (unpaired) electrons. The smallest absolute Gasteiger partial charge is 0.246 e. The molecule has 1 aromatic rings. The van der Waals surface area contributed by atoms with Crippen molar-refractivity contribution >= 4 is 17.6 Å². The zero-order chi connectivity index (χ0) is 18.6. The fourth-order valence-electron chi connectivity index (χ4n) is 2.92. The highest BCUT2D eigenvalue weighted by Gasteiger charge is 2.14. The fraction of sp³-hybridized carbons (Fsp3) is 0.632. The van der Waals surface area contributed by atoms with Crippen LogP contribution in [0.1, 0.15) is 33.1 Å². The number of nitrogens with one attached hydrogen (secondary N) is 3. The van der Waals surface area contributed by atoms with Gasteiger partial charge in [-0.1, -0.05) is 6.92 Å². The molecular formula is C19H32N6O. The molecule has 0 aromatic carbocycles. The highest BCUT2D eigenvalue weighted by atomic mass is 16.1. The van der Waals surface area contributed by atoms with Crippen molar-refractivity contribution < 1.29 is 4.79 Å². The maximum atomic E-state index is 12.0. The van der Waals surface area contributed by atoms with Crippen LogP contribution >= 0.6 is 0 Å². The van der Waals surface area contributed by atoms with Crippen molar-refractivity contribution in [1.29, 1.82) is 0 Å². The SMILES string of the molecule is CCNC(=NCC(=O)Nc1cccnc1)NCCCN1CCC(C)CC1. The number of aliphatic imine (C=N–C) groups is 1. The summed E-state index contributed by atoms with van der Waals surface area (Å²) in [6, 6.07) is 3.59. The molecule has 144 valence electrons. The average Bonchev–Trinajstić information content (AvgIpc) is 2.65. The van der Waals surface area contributed by atoms with Gasteiger partial charge in [-0.25, -0.2) is 4.99 Å². The molecule has 1 amide bonds. The Bertz CT molecular complexity index is 554. The number of rotatable bonds is 8. The lowest BCUT2D eigenvalue weighted by Crippen LogP contribution is -2.40. The Kier molecular flexibility index (Phi) is 8.89. The van der Waals surface area contributed by atoms with E-state index in [-0.39, 0.29) is 12.5 Å². The van der Waals surface area contributed by atoms with Gasteiger partial charge < -0.3 is 20.9 Å². The number of hydrogen-bond acceptors (Lipinski definition) is 4. The zero-order valence-corrected chi connectivity index (χ0v) is 16.0. The van der Waals surface area contributed by atoms with Crippen molar-refractivity contribution in [2.75, 3.05) is 44.6 Å². The van der Waals surface area contributed by atoms with E-state index in [0.717, 1.165) is 32.0 Å². The Hall–Kier alpha value is -2.15. The van der Waals surface area contributed by atoms with Gasteiger partial charge in [0.1, 0.15) is 6.54 Å². The van der Waals surface area contributed by atoms with Crippen LogP contribution in [-0.4, -0.2) is 61.0 Å². The van der Waals surface area contributed by atoms with Gasteiger partial charge in [0.05, 0.1) is 11.9 Å². The number of hydrogen-bond donors (Lipinski definition) is 3. The van der Waals surface area contributed by atoms with E-state index in [1.807, 2.05) is 6.92 Å². The summed E-state index contributed by atoms with van der Waals surface area (Å²) < 4.78 is 0. The first-order valence-corrected chi connectivity index (χ1v) is 9.61. The van der Waals surface area contributed by atoms with Crippen molar-refractivity contribution in [2.24, 2.45) is 10.9 Å². The quantitative estimate of drug-likeness (QED) is 0.373. The molecule has 1 aromatic heterocycles. The largest absolute Gasteiger partial charge is 0.357 e. The lowest BCUT2D eigenvalue weighted by molar-refractivity contribution is -0.114. The predicted molar refractivity (Wildman–Crippen MR) is 106 cm³/mol. The summed E-state index contributed by atoms with van der Waals surface area (Å²) in [6.07, 6.45) is 6.98. The van der Waals surface area contributed by atoms with Gasteiger partial charge in [0.15, 0.2) is 5.96 Å². The Labute approximate surface area is 156 Å². The van der Waals surface area contributed by atoms with Crippen LogP contribution < -0.4 is 16.0 Å². The van der Waals surface area contributed by atoms with Gasteiger partial charge in [-0.15, -0.1) is 0 Å². The molecule has 0 atom stereocenters. The van der Waals surface area contributed by atoms with Crippen LogP contribution in [0, 0.1) is 5.92 Å². The monoisotopic (exact) mass is 360 g/mol. The molecule has 2 heterocycles. The number of nitrogens with zero attached hydrogens (tertiary/aromatic N) is 3. The lowest BCUT2D eigenvalue weighted by atomic mass is 9.99. The average molecular weight is 361 g/mol. The maximum absolute atomic E-state index is 12.0. The molecule has 0 saturated carbocycles. The van der Waals surface area contributed by atoms with Crippen LogP contribution in [0.2, 0.25) is 0 Å². The zero-order valence-electron chi connectivity index (χ0n) is 16.0. The predicted octanol–water partition coefficient (Wildman–Crippen LogP) is 1.70. The number of pyridine rings is 1. The molecule has 1 aliphatic rings. The molecule has 26 heavy (non-hydrogen) atoms. The van der Waals surface area contributed by atoms with Crippen molar-refractivity contribution in [3.63, 3.8) is 0 Å². The number of aromatic nitrogens is 1. The molecule has 0 spiro atoms. The number of guanidine groups is 1. The number of carbonyl (C=O) groups excluding carboxylic acids is 1. The number of anilines is 1. The van der Waals surface area contributed by atoms with Crippen molar-refractivity contribution in [2.45, 2.75) is 33.1 Å². The standard InChI is InChI=1S/C19H32N6O/c1-3-21-19(22-10-5-11-25-12-7-16(2)8-13-25)23-15-18(26)24-17-6-4-9-20-14-17/h4,6,9,14,16H,3,5,7-8,10-13,15H2,1-2H3,(H,24,26)(H2,21,22,23). The first kappa shape index (κ1) is 20.2. The molecular weight excluding hydrogens is 328 g/mol. The second kappa shape index (κ2) is 11.5. The van der Waals surface area contributed by atoms with Gasteiger partial charge in [0, 0.05) is 19.3 Å². The van der Waals surface area contributed by atoms with E-state index in [9.17, 15) is 4.79 Å². The van der Waals surface area contributed by atoms with E-state index in [1.54, 1.807) is 24.5 Å². The fourth-order valence-corrected chi connectivity index (χ4v) is 2.92. The number of piperidine rings is 1. The Morgan fingerprint density at radius 3 is 2.85 bits per heavy atom.